The van der Waals surface area contributed by atoms with Gasteiger partial charge < -0.3 is 9.64 Å². The predicted molar refractivity (Wildman–Crippen MR) is 100 cm³/mol. The van der Waals surface area contributed by atoms with Crippen LogP contribution in [0.1, 0.15) is 74.7 Å². The Morgan fingerprint density at radius 3 is 2.43 bits per heavy atom. The molecule has 5 heteroatoms. The van der Waals surface area contributed by atoms with Gasteiger partial charge in [-0.05, 0) is 92.5 Å². The second-order valence-electron chi connectivity index (χ2n) is 9.04. The molecule has 1 aliphatic heterocycles. The van der Waals surface area contributed by atoms with Crippen molar-refractivity contribution in [2.75, 3.05) is 6.54 Å². The first-order chi connectivity index (χ1) is 10.3. The van der Waals surface area contributed by atoms with Crippen molar-refractivity contribution in [1.82, 2.24) is 4.90 Å². The van der Waals surface area contributed by atoms with Crippen LogP contribution in [0.3, 0.4) is 0 Å². The van der Waals surface area contributed by atoms with E-state index in [9.17, 15) is 4.79 Å². The van der Waals surface area contributed by atoms with Crippen LogP contribution in [-0.2, 0) is 4.74 Å². The molecule has 0 aromatic rings. The molecular weight excluding hydrogens is 308 g/mol. The number of rotatable bonds is 4. The minimum absolute atomic E-state index is 0.135. The fourth-order valence-corrected chi connectivity index (χ4v) is 3.27. The fraction of sp³-hybridized carbons (Fsp3) is 0.889. The summed E-state index contributed by atoms with van der Waals surface area (Å²) in [4.78, 5) is 14.3. The van der Waals surface area contributed by atoms with E-state index in [2.05, 4.69) is 39.0 Å². The molecule has 0 aromatic heterocycles. The Hall–Kier alpha value is -0.710. The van der Waals surface area contributed by atoms with Gasteiger partial charge in [-0.15, -0.1) is 0 Å². The van der Waals surface area contributed by atoms with E-state index in [1.807, 2.05) is 31.9 Å². The summed E-state index contributed by atoms with van der Waals surface area (Å²) in [7, 11) is 0. The Balaban J connectivity index is 2.48. The van der Waals surface area contributed by atoms with E-state index in [1.165, 1.54) is 0 Å². The van der Waals surface area contributed by atoms with Crippen molar-refractivity contribution in [3.63, 3.8) is 0 Å². The normalized spacial score (nSPS) is 21.9. The van der Waals surface area contributed by atoms with Gasteiger partial charge in [0, 0.05) is 23.0 Å². The molecule has 0 aromatic carbocycles. The maximum Gasteiger partial charge on any atom is 0.410 e. The first-order valence-corrected chi connectivity index (χ1v) is 9.28. The molecule has 1 saturated heterocycles. The summed E-state index contributed by atoms with van der Waals surface area (Å²) >= 11 is 1.61. The summed E-state index contributed by atoms with van der Waals surface area (Å²) in [5, 5.41) is 0. The molecule has 0 spiro atoms. The average Bonchev–Trinajstić information content (AvgIpc) is 2.60. The Labute approximate surface area is 146 Å². The van der Waals surface area contributed by atoms with Crippen LogP contribution < -0.4 is 0 Å². The Morgan fingerprint density at radius 2 is 1.91 bits per heavy atom. The molecule has 1 heterocycles. The predicted octanol–water partition coefficient (Wildman–Crippen LogP) is 5.32. The smallest absolute Gasteiger partial charge is 0.410 e. The molecule has 1 aliphatic rings. The van der Waals surface area contributed by atoms with Crippen molar-refractivity contribution in [2.24, 2.45) is 10.3 Å². The van der Waals surface area contributed by atoms with Crippen molar-refractivity contribution in [3.8, 4) is 0 Å². The van der Waals surface area contributed by atoms with Gasteiger partial charge in [0.2, 0.25) is 0 Å². The number of carbonyl (C=O) groups is 1. The highest BCUT2D eigenvalue weighted by Crippen LogP contribution is 2.36. The Kier molecular flexibility index (Phi) is 6.59. The van der Waals surface area contributed by atoms with Crippen LogP contribution in [0, 0.1) is 5.92 Å². The van der Waals surface area contributed by atoms with Gasteiger partial charge in [-0.3, -0.25) is 0 Å². The van der Waals surface area contributed by atoms with Crippen LogP contribution >= 0.6 is 11.9 Å². The SMILES string of the molecule is CC(C)(C)OC(=O)N1CC(CCC=NSC(C)(C)C)CC1(C)C. The molecule has 0 aliphatic carbocycles. The van der Waals surface area contributed by atoms with Gasteiger partial charge in [0.05, 0.1) is 0 Å². The summed E-state index contributed by atoms with van der Waals surface area (Å²) in [6.45, 7) is 17.2. The molecule has 0 bridgehead atoms. The number of carbonyl (C=O) groups excluding carboxylic acids is 1. The quantitative estimate of drug-likeness (QED) is 0.513. The van der Waals surface area contributed by atoms with Crippen molar-refractivity contribution < 1.29 is 9.53 Å². The minimum atomic E-state index is -0.442. The Bertz CT molecular complexity index is 433. The summed E-state index contributed by atoms with van der Waals surface area (Å²) < 4.78 is 10.1. The largest absolute Gasteiger partial charge is 0.444 e. The first kappa shape index (κ1) is 20.3. The van der Waals surface area contributed by atoms with E-state index < -0.39 is 5.60 Å². The van der Waals surface area contributed by atoms with Crippen LogP contribution in [0.5, 0.6) is 0 Å². The lowest BCUT2D eigenvalue weighted by Crippen LogP contribution is -2.45. The zero-order valence-electron chi connectivity index (χ0n) is 16.1. The van der Waals surface area contributed by atoms with Crippen LogP contribution in [0.15, 0.2) is 4.40 Å². The van der Waals surface area contributed by atoms with Crippen molar-refractivity contribution in [2.45, 2.75) is 90.5 Å². The molecule has 0 N–H and O–H groups in total. The Morgan fingerprint density at radius 1 is 1.30 bits per heavy atom. The zero-order valence-corrected chi connectivity index (χ0v) is 16.9. The summed E-state index contributed by atoms with van der Waals surface area (Å²) in [5.41, 5.74) is -0.577. The van der Waals surface area contributed by atoms with E-state index >= 15 is 0 Å². The van der Waals surface area contributed by atoms with Crippen molar-refractivity contribution in [1.29, 1.82) is 0 Å². The second kappa shape index (κ2) is 7.45. The first-order valence-electron chi connectivity index (χ1n) is 8.51. The molecule has 1 fully saturated rings. The number of amides is 1. The van der Waals surface area contributed by atoms with Gasteiger partial charge >= 0.3 is 6.09 Å². The van der Waals surface area contributed by atoms with E-state index in [0.717, 1.165) is 25.8 Å². The van der Waals surface area contributed by atoms with Gasteiger partial charge in [0.1, 0.15) is 5.60 Å². The molecular formula is C18H34N2O2S. The third kappa shape index (κ3) is 7.60. The second-order valence-corrected chi connectivity index (χ2v) is 10.7. The maximum absolute atomic E-state index is 12.4. The van der Waals surface area contributed by atoms with Gasteiger partial charge in [0.25, 0.3) is 0 Å². The topological polar surface area (TPSA) is 41.9 Å². The standard InChI is InChI=1S/C18H34N2O2S/c1-16(2,3)22-15(21)20-13-14(12-18(20,7)8)10-9-11-19-23-17(4,5)6/h11,14H,9-10,12-13H2,1-8H3. The third-order valence-corrected chi connectivity index (χ3v) is 4.48. The number of nitrogens with zero attached hydrogens (tertiary/aromatic N) is 2. The molecule has 1 amide bonds. The third-order valence-electron chi connectivity index (χ3n) is 3.68. The molecule has 1 atom stereocenters. The van der Waals surface area contributed by atoms with E-state index in [1.54, 1.807) is 11.9 Å². The van der Waals surface area contributed by atoms with Crippen molar-refractivity contribution in [3.05, 3.63) is 0 Å². The van der Waals surface area contributed by atoms with Gasteiger partial charge in [0.15, 0.2) is 0 Å². The summed E-state index contributed by atoms with van der Waals surface area (Å²) in [6, 6.07) is 0. The highest BCUT2D eigenvalue weighted by atomic mass is 32.2. The summed E-state index contributed by atoms with van der Waals surface area (Å²) in [6.07, 6.45) is 4.87. The number of likely N-dealkylation sites (tertiary alicyclic amines) is 1. The molecule has 0 saturated carbocycles. The lowest BCUT2D eigenvalue weighted by Gasteiger charge is -2.33. The van der Waals surface area contributed by atoms with Crippen LogP contribution in [0.2, 0.25) is 0 Å². The fourth-order valence-electron chi connectivity index (χ4n) is 2.78. The van der Waals surface area contributed by atoms with Gasteiger partial charge in [-0.25, -0.2) is 9.19 Å². The number of hydrogen-bond acceptors (Lipinski definition) is 4. The molecule has 23 heavy (non-hydrogen) atoms. The molecule has 1 unspecified atom stereocenters. The van der Waals surface area contributed by atoms with Gasteiger partial charge in [-0.1, -0.05) is 0 Å². The zero-order chi connectivity index (χ0) is 17.9. The highest BCUT2D eigenvalue weighted by molar-refractivity contribution is 7.99. The van der Waals surface area contributed by atoms with Crippen LogP contribution in [-0.4, -0.2) is 39.6 Å². The van der Waals surface area contributed by atoms with Crippen molar-refractivity contribution >= 4 is 24.3 Å². The maximum atomic E-state index is 12.4. The monoisotopic (exact) mass is 342 g/mol. The lowest BCUT2D eigenvalue weighted by molar-refractivity contribution is 0.0131. The molecule has 134 valence electrons. The summed E-state index contributed by atoms with van der Waals surface area (Å²) in [5.74, 6) is 0.517. The molecule has 0 radical (unpaired) electrons. The molecule has 4 nitrogen and oxygen atoms in total. The van der Waals surface area contributed by atoms with E-state index in [-0.39, 0.29) is 16.4 Å². The van der Waals surface area contributed by atoms with Crippen LogP contribution in [0.4, 0.5) is 4.79 Å². The van der Waals surface area contributed by atoms with Crippen LogP contribution in [0.25, 0.3) is 0 Å². The highest BCUT2D eigenvalue weighted by Gasteiger charge is 2.42. The minimum Gasteiger partial charge on any atom is -0.444 e. The average molecular weight is 343 g/mol. The lowest BCUT2D eigenvalue weighted by atomic mass is 9.93. The van der Waals surface area contributed by atoms with E-state index in [0.29, 0.717) is 5.92 Å². The molecule has 1 rings (SSSR count). The number of hydrogen-bond donors (Lipinski definition) is 0. The number of ether oxygens (including phenoxy) is 1. The van der Waals surface area contributed by atoms with E-state index in [4.69, 9.17) is 4.74 Å². The van der Waals surface area contributed by atoms with Gasteiger partial charge in [-0.2, -0.15) is 0 Å².